The third-order valence-electron chi connectivity index (χ3n) is 2.05. The van der Waals surface area contributed by atoms with E-state index < -0.39 is 6.10 Å². The van der Waals surface area contributed by atoms with E-state index in [4.69, 9.17) is 4.74 Å². The van der Waals surface area contributed by atoms with Gasteiger partial charge in [-0.25, -0.2) is 0 Å². The van der Waals surface area contributed by atoms with Crippen LogP contribution in [0.5, 0.6) is 5.75 Å². The van der Waals surface area contributed by atoms with Crippen LogP contribution in [0, 0.1) is 6.92 Å². The van der Waals surface area contributed by atoms with E-state index in [1.165, 1.54) is 0 Å². The topological polar surface area (TPSA) is 29.5 Å². The summed E-state index contributed by atoms with van der Waals surface area (Å²) < 4.78 is 5.68. The second kappa shape index (κ2) is 4.47. The average Bonchev–Trinajstić information content (AvgIpc) is 2.07. The van der Waals surface area contributed by atoms with E-state index in [-0.39, 0.29) is 6.10 Å². The Morgan fingerprint density at radius 1 is 1.21 bits per heavy atom. The largest absolute Gasteiger partial charge is 0.490 e. The molecule has 1 rings (SSSR count). The minimum Gasteiger partial charge on any atom is -0.490 e. The van der Waals surface area contributed by atoms with Crippen LogP contribution in [0.1, 0.15) is 38.0 Å². The second-order valence-electron chi connectivity index (χ2n) is 3.84. The highest BCUT2D eigenvalue weighted by Crippen LogP contribution is 2.29. The summed E-state index contributed by atoms with van der Waals surface area (Å²) >= 11 is 0. The van der Waals surface area contributed by atoms with E-state index >= 15 is 0 Å². The minimum absolute atomic E-state index is 0.133. The number of ether oxygens (including phenoxy) is 1. The summed E-state index contributed by atoms with van der Waals surface area (Å²) in [6.07, 6.45) is -0.350. The molecule has 0 bridgehead atoms. The fourth-order valence-corrected chi connectivity index (χ4v) is 1.40. The lowest BCUT2D eigenvalue weighted by Gasteiger charge is -2.17. The first-order chi connectivity index (χ1) is 6.52. The van der Waals surface area contributed by atoms with Gasteiger partial charge >= 0.3 is 0 Å². The molecule has 1 atom stereocenters. The van der Waals surface area contributed by atoms with Crippen LogP contribution >= 0.6 is 0 Å². The molecule has 0 radical (unpaired) electrons. The van der Waals surface area contributed by atoms with Crippen LogP contribution in [-0.2, 0) is 0 Å². The fourth-order valence-electron chi connectivity index (χ4n) is 1.40. The van der Waals surface area contributed by atoms with Crippen molar-refractivity contribution in [2.45, 2.75) is 39.9 Å². The third kappa shape index (κ3) is 2.48. The van der Waals surface area contributed by atoms with E-state index in [1.807, 2.05) is 39.0 Å². The number of hydrogen-bond donors (Lipinski definition) is 1. The van der Waals surface area contributed by atoms with E-state index in [9.17, 15) is 5.11 Å². The van der Waals surface area contributed by atoms with Gasteiger partial charge in [0.05, 0.1) is 12.2 Å². The molecule has 1 unspecified atom stereocenters. The predicted molar refractivity (Wildman–Crippen MR) is 57.6 cm³/mol. The summed E-state index contributed by atoms with van der Waals surface area (Å²) in [7, 11) is 0. The number of rotatable bonds is 3. The first-order valence-corrected chi connectivity index (χ1v) is 4.96. The number of hydrogen-bond acceptors (Lipinski definition) is 2. The van der Waals surface area contributed by atoms with Crippen molar-refractivity contribution in [1.82, 2.24) is 0 Å². The number of para-hydroxylation sites is 1. The van der Waals surface area contributed by atoms with Gasteiger partial charge in [0, 0.05) is 5.56 Å². The van der Waals surface area contributed by atoms with Crippen molar-refractivity contribution in [1.29, 1.82) is 0 Å². The van der Waals surface area contributed by atoms with Gasteiger partial charge < -0.3 is 9.84 Å². The van der Waals surface area contributed by atoms with Gasteiger partial charge in [-0.2, -0.15) is 0 Å². The Balaban J connectivity index is 3.09. The zero-order valence-corrected chi connectivity index (χ0v) is 9.24. The van der Waals surface area contributed by atoms with Gasteiger partial charge in [-0.3, -0.25) is 0 Å². The third-order valence-corrected chi connectivity index (χ3v) is 2.05. The van der Waals surface area contributed by atoms with Gasteiger partial charge in [0.1, 0.15) is 5.75 Å². The quantitative estimate of drug-likeness (QED) is 0.801. The maximum absolute atomic E-state index is 9.56. The Morgan fingerprint density at radius 2 is 1.86 bits per heavy atom. The molecule has 14 heavy (non-hydrogen) atoms. The molecule has 0 aliphatic rings. The average molecular weight is 194 g/mol. The molecule has 2 nitrogen and oxygen atoms in total. The number of aliphatic hydroxyl groups excluding tert-OH is 1. The summed E-state index contributed by atoms with van der Waals surface area (Å²) in [5, 5.41) is 9.56. The molecule has 0 fully saturated rings. The first-order valence-electron chi connectivity index (χ1n) is 4.96. The van der Waals surface area contributed by atoms with Crippen molar-refractivity contribution in [2.24, 2.45) is 0 Å². The highest BCUT2D eigenvalue weighted by atomic mass is 16.5. The number of aryl methyl sites for hydroxylation is 1. The van der Waals surface area contributed by atoms with Gasteiger partial charge in [0.15, 0.2) is 0 Å². The summed E-state index contributed by atoms with van der Waals surface area (Å²) in [6, 6.07) is 5.82. The van der Waals surface area contributed by atoms with Crippen molar-refractivity contribution in [3.05, 3.63) is 29.3 Å². The van der Waals surface area contributed by atoms with E-state index in [1.54, 1.807) is 6.92 Å². The molecule has 78 valence electrons. The van der Waals surface area contributed by atoms with Crippen LogP contribution in [-0.4, -0.2) is 11.2 Å². The van der Waals surface area contributed by atoms with Crippen molar-refractivity contribution in [3.63, 3.8) is 0 Å². The molecule has 1 N–H and O–H groups in total. The van der Waals surface area contributed by atoms with Gasteiger partial charge in [0.2, 0.25) is 0 Å². The molecular formula is C12H18O2. The summed E-state index contributed by atoms with van der Waals surface area (Å²) in [5.41, 5.74) is 1.93. The van der Waals surface area contributed by atoms with Crippen molar-refractivity contribution in [3.8, 4) is 5.75 Å². The van der Waals surface area contributed by atoms with E-state index in [2.05, 4.69) is 0 Å². The van der Waals surface area contributed by atoms with Crippen molar-refractivity contribution in [2.75, 3.05) is 0 Å². The molecule has 0 spiro atoms. The highest BCUT2D eigenvalue weighted by molar-refractivity contribution is 5.41. The fraction of sp³-hybridized carbons (Fsp3) is 0.500. The Labute approximate surface area is 85.5 Å². The molecule has 0 aliphatic heterocycles. The Hall–Kier alpha value is -1.02. The maximum Gasteiger partial charge on any atom is 0.128 e. The monoisotopic (exact) mass is 194 g/mol. The minimum atomic E-state index is -0.483. The Bertz CT molecular complexity index is 303. The first kappa shape index (κ1) is 11.1. The van der Waals surface area contributed by atoms with Gasteiger partial charge in [-0.1, -0.05) is 18.2 Å². The summed E-state index contributed by atoms with van der Waals surface area (Å²) in [4.78, 5) is 0. The summed E-state index contributed by atoms with van der Waals surface area (Å²) in [5.74, 6) is 0.817. The molecule has 1 aromatic rings. The molecule has 2 heteroatoms. The zero-order valence-electron chi connectivity index (χ0n) is 9.24. The molecule has 0 saturated carbocycles. The lowest BCUT2D eigenvalue weighted by Crippen LogP contribution is -2.09. The van der Waals surface area contributed by atoms with Gasteiger partial charge in [-0.05, 0) is 33.3 Å². The standard InChI is InChI=1S/C12H18O2/c1-8(2)14-12-9(3)6-5-7-11(12)10(4)13/h5-8,10,13H,1-4H3. The van der Waals surface area contributed by atoms with Gasteiger partial charge in [0.25, 0.3) is 0 Å². The normalized spacial score (nSPS) is 13.0. The van der Waals surface area contributed by atoms with Crippen LogP contribution in [0.3, 0.4) is 0 Å². The maximum atomic E-state index is 9.56. The SMILES string of the molecule is Cc1cccc(C(C)O)c1OC(C)C. The Kier molecular flexibility index (Phi) is 3.53. The molecule has 0 heterocycles. The number of benzene rings is 1. The molecule has 1 aromatic carbocycles. The second-order valence-corrected chi connectivity index (χ2v) is 3.84. The molecule has 0 saturated heterocycles. The Morgan fingerprint density at radius 3 is 2.36 bits per heavy atom. The van der Waals surface area contributed by atoms with Gasteiger partial charge in [-0.15, -0.1) is 0 Å². The zero-order chi connectivity index (χ0) is 10.7. The van der Waals surface area contributed by atoms with Crippen LogP contribution in [0.15, 0.2) is 18.2 Å². The van der Waals surface area contributed by atoms with Crippen LogP contribution in [0.4, 0.5) is 0 Å². The highest BCUT2D eigenvalue weighted by Gasteiger charge is 2.12. The van der Waals surface area contributed by atoms with Crippen LogP contribution in [0.25, 0.3) is 0 Å². The van der Waals surface area contributed by atoms with Crippen molar-refractivity contribution >= 4 is 0 Å². The molecule has 0 aromatic heterocycles. The van der Waals surface area contributed by atoms with Crippen LogP contribution in [0.2, 0.25) is 0 Å². The van der Waals surface area contributed by atoms with Crippen LogP contribution < -0.4 is 4.74 Å². The van der Waals surface area contributed by atoms with Crippen molar-refractivity contribution < 1.29 is 9.84 Å². The molecular weight excluding hydrogens is 176 g/mol. The summed E-state index contributed by atoms with van der Waals surface area (Å²) in [6.45, 7) is 7.71. The predicted octanol–water partition coefficient (Wildman–Crippen LogP) is 2.84. The molecule has 0 aliphatic carbocycles. The lowest BCUT2D eigenvalue weighted by molar-refractivity contribution is 0.182. The smallest absolute Gasteiger partial charge is 0.128 e. The lowest BCUT2D eigenvalue weighted by atomic mass is 10.1. The van der Waals surface area contributed by atoms with E-state index in [0.29, 0.717) is 0 Å². The number of aliphatic hydroxyl groups is 1. The molecule has 0 amide bonds. The van der Waals surface area contributed by atoms with E-state index in [0.717, 1.165) is 16.9 Å².